The standard InChI is InChI=1S/C20H22Cl2NO7PS/c21-15-6-12(10-31(25,26)27)7-16(22)20(15)30-14-3-4-19(24)18(9-14)23(32(28)29)17-8-11-1-2-13(17)5-11/h3-4,6-7,9,11,13,17,24H,1-2,5,8,10H2,(H,28,29)(H2,25,26,27)/p-1. The van der Waals surface area contributed by atoms with Crippen LogP contribution in [-0.2, 0) is 22.0 Å². The summed E-state index contributed by atoms with van der Waals surface area (Å²) in [5.74, 6) is 0.810. The van der Waals surface area contributed by atoms with Crippen LogP contribution in [0.3, 0.4) is 0 Å². The van der Waals surface area contributed by atoms with Crippen molar-refractivity contribution in [3.63, 3.8) is 0 Å². The molecule has 0 aromatic heterocycles. The molecule has 0 radical (unpaired) electrons. The van der Waals surface area contributed by atoms with Crippen molar-refractivity contribution in [2.24, 2.45) is 11.8 Å². The Labute approximate surface area is 197 Å². The van der Waals surface area contributed by atoms with E-state index in [1.165, 1.54) is 34.6 Å². The number of benzene rings is 2. The lowest BCUT2D eigenvalue weighted by Gasteiger charge is -2.37. The van der Waals surface area contributed by atoms with Crippen molar-refractivity contribution in [2.75, 3.05) is 4.31 Å². The van der Waals surface area contributed by atoms with Gasteiger partial charge >= 0.3 is 7.60 Å². The number of fused-ring (bicyclic) bond motifs is 2. The van der Waals surface area contributed by atoms with Gasteiger partial charge in [0.15, 0.2) is 5.75 Å². The number of hydrogen-bond donors (Lipinski definition) is 3. The van der Waals surface area contributed by atoms with E-state index in [0.717, 1.165) is 25.7 Å². The van der Waals surface area contributed by atoms with Gasteiger partial charge in [-0.1, -0.05) is 29.6 Å². The lowest BCUT2D eigenvalue weighted by molar-refractivity contribution is 0.371. The van der Waals surface area contributed by atoms with Gasteiger partial charge in [-0.15, -0.1) is 0 Å². The maximum absolute atomic E-state index is 12.1. The van der Waals surface area contributed by atoms with Crippen LogP contribution in [0.15, 0.2) is 30.3 Å². The molecule has 0 aliphatic heterocycles. The van der Waals surface area contributed by atoms with Gasteiger partial charge in [-0.3, -0.25) is 13.1 Å². The van der Waals surface area contributed by atoms with Crippen LogP contribution in [0.2, 0.25) is 10.0 Å². The minimum atomic E-state index is -4.31. The zero-order valence-electron chi connectivity index (χ0n) is 16.7. The van der Waals surface area contributed by atoms with E-state index in [0.29, 0.717) is 5.92 Å². The highest BCUT2D eigenvalue weighted by Gasteiger charge is 2.43. The van der Waals surface area contributed by atoms with Crippen molar-refractivity contribution < 1.29 is 33.0 Å². The molecule has 4 rings (SSSR count). The molecule has 2 aliphatic rings. The molecule has 32 heavy (non-hydrogen) atoms. The zero-order valence-corrected chi connectivity index (χ0v) is 19.9. The second-order valence-electron chi connectivity index (χ2n) is 8.25. The smallest absolute Gasteiger partial charge is 0.329 e. The third-order valence-corrected chi connectivity index (χ3v) is 8.14. The van der Waals surface area contributed by atoms with E-state index in [1.807, 2.05) is 0 Å². The Hall–Kier alpha value is -1.32. The molecule has 12 heteroatoms. The molecule has 2 saturated carbocycles. The number of ether oxygens (including phenoxy) is 1. The fourth-order valence-corrected chi connectivity index (χ4v) is 6.82. The van der Waals surface area contributed by atoms with Crippen molar-refractivity contribution >= 4 is 47.8 Å². The highest BCUT2D eigenvalue weighted by atomic mass is 35.5. The van der Waals surface area contributed by atoms with Crippen LogP contribution in [0.1, 0.15) is 31.2 Å². The maximum Gasteiger partial charge on any atom is 0.329 e. The molecule has 0 saturated heterocycles. The Bertz CT molecular complexity index is 1090. The molecule has 174 valence electrons. The van der Waals surface area contributed by atoms with Gasteiger partial charge in [0, 0.05) is 23.4 Å². The number of phenolic OH excluding ortho intramolecular Hbond substituents is 1. The molecular formula is C20H21Cl2NO7PS-. The van der Waals surface area contributed by atoms with E-state index in [-0.39, 0.29) is 50.5 Å². The van der Waals surface area contributed by atoms with E-state index in [2.05, 4.69) is 0 Å². The summed E-state index contributed by atoms with van der Waals surface area (Å²) in [6.07, 6.45) is 3.28. The summed E-state index contributed by atoms with van der Waals surface area (Å²) in [6.45, 7) is 0. The molecule has 2 bridgehead atoms. The number of rotatable bonds is 7. The van der Waals surface area contributed by atoms with Gasteiger partial charge in [0.25, 0.3) is 0 Å². The number of aromatic hydroxyl groups is 1. The Morgan fingerprint density at radius 1 is 1.16 bits per heavy atom. The summed E-state index contributed by atoms with van der Waals surface area (Å²) in [7, 11) is -4.31. The second-order valence-corrected chi connectivity index (χ2v) is 11.5. The van der Waals surface area contributed by atoms with E-state index >= 15 is 0 Å². The first-order valence-electron chi connectivity index (χ1n) is 9.94. The summed E-state index contributed by atoms with van der Waals surface area (Å²) in [6, 6.07) is 6.67. The lowest BCUT2D eigenvalue weighted by atomic mass is 9.95. The van der Waals surface area contributed by atoms with Gasteiger partial charge in [-0.05, 0) is 60.9 Å². The van der Waals surface area contributed by atoms with Gasteiger partial charge in [0.05, 0.1) is 21.9 Å². The first kappa shape index (κ1) is 23.8. The quantitative estimate of drug-likeness (QED) is 0.347. The number of nitrogens with zero attached hydrogens (tertiary/aromatic N) is 1. The minimum Gasteiger partial charge on any atom is -0.755 e. The topological polar surface area (TPSA) is 130 Å². The molecule has 3 N–H and O–H groups in total. The first-order valence-corrected chi connectivity index (χ1v) is 13.5. The summed E-state index contributed by atoms with van der Waals surface area (Å²) < 4.78 is 42.5. The SMILES string of the molecule is O=S([O-])N(c1cc(Oc2c(Cl)cc(CP(=O)(O)O)cc2Cl)ccc1O)C1CC2CCC1C2. The lowest BCUT2D eigenvalue weighted by Crippen LogP contribution is -2.40. The van der Waals surface area contributed by atoms with Crippen molar-refractivity contribution in [1.29, 1.82) is 0 Å². The number of phenols is 1. The molecule has 2 aromatic rings. The van der Waals surface area contributed by atoms with Gasteiger partial charge in [0.2, 0.25) is 0 Å². The van der Waals surface area contributed by atoms with Crippen LogP contribution >= 0.6 is 30.8 Å². The van der Waals surface area contributed by atoms with Gasteiger partial charge in [-0.25, -0.2) is 0 Å². The fourth-order valence-electron chi connectivity index (χ4n) is 4.77. The maximum atomic E-state index is 12.1. The Morgan fingerprint density at radius 2 is 1.84 bits per heavy atom. The summed E-state index contributed by atoms with van der Waals surface area (Å²) >= 11 is 9.86. The minimum absolute atomic E-state index is 0.0351. The zero-order chi connectivity index (χ0) is 23.2. The van der Waals surface area contributed by atoms with E-state index in [4.69, 9.17) is 37.7 Å². The molecule has 8 nitrogen and oxygen atoms in total. The third-order valence-electron chi connectivity index (χ3n) is 6.01. The first-order chi connectivity index (χ1) is 15.0. The Kier molecular flexibility index (Phi) is 6.81. The van der Waals surface area contributed by atoms with Gasteiger partial charge in [-0.2, -0.15) is 0 Å². The molecule has 0 heterocycles. The van der Waals surface area contributed by atoms with E-state index < -0.39 is 25.0 Å². The molecule has 4 unspecified atom stereocenters. The Balaban J connectivity index is 1.63. The van der Waals surface area contributed by atoms with Gasteiger partial charge < -0.3 is 24.2 Å². The summed E-state index contributed by atoms with van der Waals surface area (Å²) in [4.78, 5) is 18.3. The normalized spacial score (nSPS) is 23.3. The number of anilines is 1. The van der Waals surface area contributed by atoms with Crippen molar-refractivity contribution in [2.45, 2.75) is 37.9 Å². The van der Waals surface area contributed by atoms with Gasteiger partial charge in [0.1, 0.15) is 11.5 Å². The molecule has 0 spiro atoms. The van der Waals surface area contributed by atoms with Crippen LogP contribution < -0.4 is 9.04 Å². The molecule has 4 atom stereocenters. The van der Waals surface area contributed by atoms with Crippen LogP contribution in [0.4, 0.5) is 5.69 Å². The average Bonchev–Trinajstić information content (AvgIpc) is 3.29. The number of halogens is 2. The number of hydrogen-bond acceptors (Lipinski definition) is 5. The second kappa shape index (κ2) is 9.14. The average molecular weight is 521 g/mol. The summed E-state index contributed by atoms with van der Waals surface area (Å²) in [5, 5.41) is 10.5. The largest absolute Gasteiger partial charge is 0.755 e. The van der Waals surface area contributed by atoms with Crippen LogP contribution in [0, 0.1) is 11.8 Å². The fraction of sp³-hybridized carbons (Fsp3) is 0.400. The predicted octanol–water partition coefficient (Wildman–Crippen LogP) is 4.96. The highest BCUT2D eigenvalue weighted by molar-refractivity contribution is 7.80. The van der Waals surface area contributed by atoms with E-state index in [9.17, 15) is 18.4 Å². The summed E-state index contributed by atoms with van der Waals surface area (Å²) in [5.41, 5.74) is 0.357. The third kappa shape index (κ3) is 5.09. The molecule has 0 amide bonds. The molecule has 2 aromatic carbocycles. The predicted molar refractivity (Wildman–Crippen MR) is 121 cm³/mol. The van der Waals surface area contributed by atoms with Crippen molar-refractivity contribution in [3.05, 3.63) is 45.9 Å². The molecule has 2 aliphatic carbocycles. The van der Waals surface area contributed by atoms with E-state index in [1.54, 1.807) is 0 Å². The van der Waals surface area contributed by atoms with Crippen LogP contribution in [-0.4, -0.2) is 29.7 Å². The monoisotopic (exact) mass is 520 g/mol. The highest BCUT2D eigenvalue weighted by Crippen LogP contribution is 2.50. The molecule has 2 fully saturated rings. The Morgan fingerprint density at radius 3 is 2.38 bits per heavy atom. The van der Waals surface area contributed by atoms with Crippen molar-refractivity contribution in [3.8, 4) is 17.2 Å². The van der Waals surface area contributed by atoms with Crippen LogP contribution in [0.5, 0.6) is 17.2 Å². The van der Waals surface area contributed by atoms with Crippen molar-refractivity contribution in [1.82, 2.24) is 0 Å². The molecular weight excluding hydrogens is 500 g/mol. The van der Waals surface area contributed by atoms with Crippen LogP contribution in [0.25, 0.3) is 0 Å².